The molecule has 0 unspecified atom stereocenters. The van der Waals surface area contributed by atoms with Crippen molar-refractivity contribution < 1.29 is 4.79 Å². The first kappa shape index (κ1) is 15.2. The first-order valence-electron chi connectivity index (χ1n) is 5.97. The van der Waals surface area contributed by atoms with E-state index in [2.05, 4.69) is 0 Å². The summed E-state index contributed by atoms with van der Waals surface area (Å²) >= 11 is 11.8. The Morgan fingerprint density at radius 1 is 1.29 bits per heavy atom. The number of carbonyl (C=O) groups is 1. The number of carbonyl (C=O) groups excluding carboxylic acids is 1. The smallest absolute Gasteiger partial charge is 0.258 e. The number of benzene rings is 2. The molecule has 0 saturated heterocycles. The summed E-state index contributed by atoms with van der Waals surface area (Å²) in [5.74, 6) is -0.331. The fourth-order valence-electron chi connectivity index (χ4n) is 1.90. The van der Waals surface area contributed by atoms with Crippen LogP contribution in [0.3, 0.4) is 0 Å². The monoisotopic (exact) mass is 319 g/mol. The minimum absolute atomic E-state index is 0.210. The molecule has 106 valence electrons. The van der Waals surface area contributed by atoms with Crippen LogP contribution in [0.5, 0.6) is 0 Å². The van der Waals surface area contributed by atoms with E-state index >= 15 is 0 Å². The Balaban J connectivity index is 2.43. The van der Waals surface area contributed by atoms with Crippen LogP contribution in [0.25, 0.3) is 0 Å². The number of nitriles is 1. The Hall–Kier alpha value is -2.22. The summed E-state index contributed by atoms with van der Waals surface area (Å²) in [5, 5.41) is 9.52. The van der Waals surface area contributed by atoms with Gasteiger partial charge in [-0.05, 0) is 24.3 Å². The number of para-hydroxylation sites is 1. The number of hydrogen-bond acceptors (Lipinski definition) is 3. The second-order valence-corrected chi connectivity index (χ2v) is 5.14. The molecule has 6 heteroatoms. The summed E-state index contributed by atoms with van der Waals surface area (Å²) in [6.45, 7) is 0. The maximum absolute atomic E-state index is 12.5. The number of halogens is 2. The largest absolute Gasteiger partial charge is 0.397 e. The zero-order chi connectivity index (χ0) is 15.6. The summed E-state index contributed by atoms with van der Waals surface area (Å²) < 4.78 is 0. The lowest BCUT2D eigenvalue weighted by Gasteiger charge is -2.19. The fourth-order valence-corrected chi connectivity index (χ4v) is 2.23. The van der Waals surface area contributed by atoms with Gasteiger partial charge in [-0.25, -0.2) is 0 Å². The highest BCUT2D eigenvalue weighted by Crippen LogP contribution is 2.30. The van der Waals surface area contributed by atoms with E-state index in [4.69, 9.17) is 34.2 Å². The molecule has 0 saturated carbocycles. The van der Waals surface area contributed by atoms with E-state index < -0.39 is 0 Å². The summed E-state index contributed by atoms with van der Waals surface area (Å²) in [5.41, 5.74) is 7.16. The summed E-state index contributed by atoms with van der Waals surface area (Å²) in [6.07, 6.45) is 0. The van der Waals surface area contributed by atoms with E-state index in [-0.39, 0.29) is 21.6 Å². The second-order valence-electron chi connectivity index (χ2n) is 4.35. The Morgan fingerprint density at radius 2 is 1.95 bits per heavy atom. The van der Waals surface area contributed by atoms with Gasteiger partial charge in [-0.1, -0.05) is 35.3 Å². The van der Waals surface area contributed by atoms with Crippen LogP contribution in [0.15, 0.2) is 36.4 Å². The van der Waals surface area contributed by atoms with Gasteiger partial charge in [0.05, 0.1) is 27.0 Å². The number of hydrogen-bond donors (Lipinski definition) is 1. The molecule has 0 fully saturated rings. The Morgan fingerprint density at radius 3 is 2.57 bits per heavy atom. The van der Waals surface area contributed by atoms with Crippen LogP contribution in [0.2, 0.25) is 10.0 Å². The molecule has 0 radical (unpaired) electrons. The van der Waals surface area contributed by atoms with Crippen molar-refractivity contribution >= 4 is 40.5 Å². The average molecular weight is 320 g/mol. The molecule has 0 aliphatic rings. The molecular weight excluding hydrogens is 309 g/mol. The highest BCUT2D eigenvalue weighted by Gasteiger charge is 2.18. The van der Waals surface area contributed by atoms with Crippen molar-refractivity contribution in [2.24, 2.45) is 0 Å². The molecule has 0 aliphatic heterocycles. The zero-order valence-corrected chi connectivity index (χ0v) is 12.6. The standard InChI is InChI=1S/C15H11Cl2N3O/c1-20(13-5-3-2-4-9(13)8-18)15(21)10-6-11(16)14(17)12(19)7-10/h2-7H,19H2,1H3. The van der Waals surface area contributed by atoms with Crippen LogP contribution in [0.1, 0.15) is 15.9 Å². The SMILES string of the molecule is CN(C(=O)c1cc(N)c(Cl)c(Cl)c1)c1ccccc1C#N. The second kappa shape index (κ2) is 6.04. The van der Waals surface area contributed by atoms with Crippen molar-refractivity contribution in [2.75, 3.05) is 17.7 Å². The molecule has 2 rings (SSSR count). The van der Waals surface area contributed by atoms with Gasteiger partial charge >= 0.3 is 0 Å². The van der Waals surface area contributed by atoms with Crippen LogP contribution in [0, 0.1) is 11.3 Å². The van der Waals surface area contributed by atoms with Gasteiger partial charge < -0.3 is 10.6 Å². The van der Waals surface area contributed by atoms with Crippen molar-refractivity contribution in [3.8, 4) is 6.07 Å². The van der Waals surface area contributed by atoms with E-state index in [1.807, 2.05) is 6.07 Å². The molecule has 0 aliphatic carbocycles. The Kier molecular flexibility index (Phi) is 4.37. The lowest BCUT2D eigenvalue weighted by Crippen LogP contribution is -2.27. The quantitative estimate of drug-likeness (QED) is 0.857. The number of nitrogens with two attached hydrogens (primary N) is 1. The van der Waals surface area contributed by atoms with Gasteiger partial charge in [0.2, 0.25) is 0 Å². The molecule has 0 heterocycles. The average Bonchev–Trinajstić information content (AvgIpc) is 2.50. The molecule has 2 aromatic carbocycles. The van der Waals surface area contributed by atoms with Gasteiger partial charge in [0.1, 0.15) is 6.07 Å². The molecule has 4 nitrogen and oxygen atoms in total. The van der Waals surface area contributed by atoms with Crippen LogP contribution in [-0.4, -0.2) is 13.0 Å². The molecule has 0 aromatic heterocycles. The van der Waals surface area contributed by atoms with Gasteiger partial charge in [0, 0.05) is 12.6 Å². The highest BCUT2D eigenvalue weighted by atomic mass is 35.5. The van der Waals surface area contributed by atoms with E-state index in [1.54, 1.807) is 31.3 Å². The highest BCUT2D eigenvalue weighted by molar-refractivity contribution is 6.44. The molecule has 0 spiro atoms. The Bertz CT molecular complexity index is 730. The normalized spacial score (nSPS) is 10.0. The first-order chi connectivity index (χ1) is 9.95. The minimum atomic E-state index is -0.331. The molecule has 0 atom stereocenters. The fraction of sp³-hybridized carbons (Fsp3) is 0.0667. The maximum atomic E-state index is 12.5. The third-order valence-electron chi connectivity index (χ3n) is 2.99. The summed E-state index contributed by atoms with van der Waals surface area (Å²) in [6, 6.07) is 11.8. The lowest BCUT2D eigenvalue weighted by molar-refractivity contribution is 0.0993. The third kappa shape index (κ3) is 2.94. The third-order valence-corrected chi connectivity index (χ3v) is 3.81. The van der Waals surface area contributed by atoms with Gasteiger partial charge in [-0.2, -0.15) is 5.26 Å². The van der Waals surface area contributed by atoms with Crippen molar-refractivity contribution in [2.45, 2.75) is 0 Å². The predicted octanol–water partition coefficient (Wildman–Crippen LogP) is 3.72. The van der Waals surface area contributed by atoms with E-state index in [1.165, 1.54) is 17.0 Å². The van der Waals surface area contributed by atoms with Crippen LogP contribution in [0.4, 0.5) is 11.4 Å². The molecular formula is C15H11Cl2N3O. The molecule has 2 N–H and O–H groups in total. The number of anilines is 2. The van der Waals surface area contributed by atoms with Gasteiger partial charge in [0.15, 0.2) is 0 Å². The maximum Gasteiger partial charge on any atom is 0.258 e. The van der Waals surface area contributed by atoms with Gasteiger partial charge in [-0.3, -0.25) is 4.79 Å². The van der Waals surface area contributed by atoms with E-state index in [9.17, 15) is 4.79 Å². The molecule has 1 amide bonds. The van der Waals surface area contributed by atoms with Crippen molar-refractivity contribution in [3.05, 3.63) is 57.6 Å². The summed E-state index contributed by atoms with van der Waals surface area (Å²) in [4.78, 5) is 13.9. The molecule has 0 bridgehead atoms. The van der Waals surface area contributed by atoms with Crippen LogP contribution >= 0.6 is 23.2 Å². The number of nitrogens with zero attached hydrogens (tertiary/aromatic N) is 2. The van der Waals surface area contributed by atoms with E-state index in [0.717, 1.165) is 0 Å². The van der Waals surface area contributed by atoms with Crippen molar-refractivity contribution in [1.29, 1.82) is 5.26 Å². The van der Waals surface area contributed by atoms with Gasteiger partial charge in [-0.15, -0.1) is 0 Å². The van der Waals surface area contributed by atoms with E-state index in [0.29, 0.717) is 16.8 Å². The lowest BCUT2D eigenvalue weighted by atomic mass is 10.1. The topological polar surface area (TPSA) is 70.1 Å². The molecule has 21 heavy (non-hydrogen) atoms. The van der Waals surface area contributed by atoms with Gasteiger partial charge in [0.25, 0.3) is 5.91 Å². The number of nitrogen functional groups attached to an aromatic ring is 1. The number of amides is 1. The number of rotatable bonds is 2. The Labute approximate surface area is 132 Å². The predicted molar refractivity (Wildman–Crippen MR) is 84.8 cm³/mol. The zero-order valence-electron chi connectivity index (χ0n) is 11.1. The van der Waals surface area contributed by atoms with Crippen LogP contribution in [-0.2, 0) is 0 Å². The minimum Gasteiger partial charge on any atom is -0.397 e. The first-order valence-corrected chi connectivity index (χ1v) is 6.73. The van der Waals surface area contributed by atoms with Crippen molar-refractivity contribution in [1.82, 2.24) is 0 Å². The van der Waals surface area contributed by atoms with Crippen molar-refractivity contribution in [3.63, 3.8) is 0 Å². The molecule has 2 aromatic rings. The summed E-state index contributed by atoms with van der Waals surface area (Å²) in [7, 11) is 1.58. The van der Waals surface area contributed by atoms with Crippen LogP contribution < -0.4 is 10.6 Å².